The van der Waals surface area contributed by atoms with E-state index in [9.17, 15) is 19.2 Å². The highest BCUT2D eigenvalue weighted by atomic mass is 16.5. The molecule has 3 amide bonds. The molecular formula is C30H39N3O7. The molecule has 0 heterocycles. The molecule has 0 saturated heterocycles. The molecule has 4 N–H and O–H groups in total. The smallest absolute Gasteiger partial charge is 0.329 e. The summed E-state index contributed by atoms with van der Waals surface area (Å²) in [6, 6.07) is 15.4. The van der Waals surface area contributed by atoms with Gasteiger partial charge in [-0.1, -0.05) is 49.2 Å². The second-order valence-corrected chi connectivity index (χ2v) is 9.97. The molecule has 1 atom stereocenters. The van der Waals surface area contributed by atoms with Crippen molar-refractivity contribution in [1.82, 2.24) is 10.8 Å². The minimum absolute atomic E-state index is 0.100. The normalized spacial score (nSPS) is 13.7. The van der Waals surface area contributed by atoms with Crippen molar-refractivity contribution < 1.29 is 33.9 Å². The molecule has 0 radical (unpaired) electrons. The summed E-state index contributed by atoms with van der Waals surface area (Å²) in [5.74, 6) is -1.04. The zero-order chi connectivity index (χ0) is 28.6. The van der Waals surface area contributed by atoms with E-state index in [1.807, 2.05) is 30.3 Å². The number of hydrogen-bond acceptors (Lipinski definition) is 7. The average molecular weight is 554 g/mol. The SMILES string of the molecule is O=C(CCCCCCC(=O)Nc1cccc(OCC(=O)N[C@@H](Cc2ccccc2)C(=O)OC2CCCC2)c1)NO. The zero-order valence-corrected chi connectivity index (χ0v) is 22.7. The number of hydroxylamine groups is 1. The fourth-order valence-electron chi connectivity index (χ4n) is 4.55. The quantitative estimate of drug-likeness (QED) is 0.106. The number of amides is 3. The van der Waals surface area contributed by atoms with Gasteiger partial charge < -0.3 is 20.1 Å². The van der Waals surface area contributed by atoms with Crippen molar-refractivity contribution >= 4 is 29.4 Å². The molecule has 1 aliphatic carbocycles. The Morgan fingerprint density at radius 3 is 2.25 bits per heavy atom. The maximum absolute atomic E-state index is 12.9. The molecule has 216 valence electrons. The van der Waals surface area contributed by atoms with Gasteiger partial charge in [-0.05, 0) is 56.2 Å². The number of anilines is 1. The van der Waals surface area contributed by atoms with Gasteiger partial charge in [-0.3, -0.25) is 19.6 Å². The molecule has 10 heteroatoms. The van der Waals surface area contributed by atoms with E-state index in [2.05, 4.69) is 10.6 Å². The van der Waals surface area contributed by atoms with Crippen molar-refractivity contribution in [3.05, 3.63) is 60.2 Å². The first-order valence-electron chi connectivity index (χ1n) is 13.9. The highest BCUT2D eigenvalue weighted by Gasteiger charge is 2.27. The van der Waals surface area contributed by atoms with Crippen LogP contribution in [-0.4, -0.2) is 47.7 Å². The lowest BCUT2D eigenvalue weighted by atomic mass is 10.1. The van der Waals surface area contributed by atoms with Crippen molar-refractivity contribution in [2.45, 2.75) is 82.8 Å². The Labute approximate surface area is 234 Å². The van der Waals surface area contributed by atoms with Gasteiger partial charge in [-0.15, -0.1) is 0 Å². The number of rotatable bonds is 16. The highest BCUT2D eigenvalue weighted by Crippen LogP contribution is 2.22. The maximum atomic E-state index is 12.9. The van der Waals surface area contributed by atoms with Gasteiger partial charge >= 0.3 is 5.97 Å². The van der Waals surface area contributed by atoms with E-state index >= 15 is 0 Å². The van der Waals surface area contributed by atoms with Crippen molar-refractivity contribution in [1.29, 1.82) is 0 Å². The fourth-order valence-corrected chi connectivity index (χ4v) is 4.55. The summed E-state index contributed by atoms with van der Waals surface area (Å²) < 4.78 is 11.3. The van der Waals surface area contributed by atoms with Crippen LogP contribution >= 0.6 is 0 Å². The number of benzene rings is 2. The van der Waals surface area contributed by atoms with Crippen LogP contribution in [-0.2, 0) is 30.3 Å². The molecule has 0 bridgehead atoms. The Hall–Kier alpha value is -3.92. The number of unbranched alkanes of at least 4 members (excludes halogenated alkanes) is 3. The summed E-state index contributed by atoms with van der Waals surface area (Å²) in [6.45, 7) is -0.298. The molecule has 1 fully saturated rings. The molecule has 10 nitrogen and oxygen atoms in total. The minimum Gasteiger partial charge on any atom is -0.484 e. The van der Waals surface area contributed by atoms with E-state index in [1.165, 1.54) is 0 Å². The Balaban J connectivity index is 1.44. The van der Waals surface area contributed by atoms with Gasteiger partial charge in [0.05, 0.1) is 0 Å². The summed E-state index contributed by atoms with van der Waals surface area (Å²) in [5.41, 5.74) is 3.06. The third kappa shape index (κ3) is 11.4. The molecule has 3 rings (SSSR count). The van der Waals surface area contributed by atoms with Gasteiger partial charge in [0.1, 0.15) is 17.9 Å². The van der Waals surface area contributed by atoms with Crippen LogP contribution in [0.2, 0.25) is 0 Å². The maximum Gasteiger partial charge on any atom is 0.329 e. The highest BCUT2D eigenvalue weighted by molar-refractivity contribution is 5.91. The molecule has 0 spiro atoms. The number of nitrogens with one attached hydrogen (secondary N) is 3. The van der Waals surface area contributed by atoms with E-state index < -0.39 is 23.8 Å². The van der Waals surface area contributed by atoms with E-state index in [0.29, 0.717) is 37.1 Å². The number of ether oxygens (including phenoxy) is 2. The number of esters is 1. The first-order chi connectivity index (χ1) is 19.4. The Bertz CT molecular complexity index is 1100. The van der Waals surface area contributed by atoms with Crippen LogP contribution in [0.4, 0.5) is 5.69 Å². The van der Waals surface area contributed by atoms with Gasteiger partial charge in [-0.2, -0.15) is 0 Å². The molecule has 0 unspecified atom stereocenters. The Kier molecular flexibility index (Phi) is 12.9. The summed E-state index contributed by atoms with van der Waals surface area (Å²) in [4.78, 5) is 48.9. The van der Waals surface area contributed by atoms with Crippen LogP contribution in [0.1, 0.15) is 69.8 Å². The largest absolute Gasteiger partial charge is 0.484 e. The van der Waals surface area contributed by atoms with Crippen LogP contribution < -0.4 is 20.9 Å². The number of carbonyl (C=O) groups is 4. The van der Waals surface area contributed by atoms with Gasteiger partial charge in [0.25, 0.3) is 5.91 Å². The van der Waals surface area contributed by atoms with Crippen molar-refractivity contribution in [3.8, 4) is 5.75 Å². The molecular weight excluding hydrogens is 514 g/mol. The lowest BCUT2D eigenvalue weighted by molar-refractivity contribution is -0.152. The topological polar surface area (TPSA) is 143 Å². The second-order valence-electron chi connectivity index (χ2n) is 9.97. The van der Waals surface area contributed by atoms with Gasteiger partial charge in [0, 0.05) is 31.0 Å². The predicted molar refractivity (Wildman–Crippen MR) is 149 cm³/mol. The van der Waals surface area contributed by atoms with Gasteiger partial charge in [0.15, 0.2) is 6.61 Å². The Morgan fingerprint density at radius 1 is 0.850 bits per heavy atom. The zero-order valence-electron chi connectivity index (χ0n) is 22.7. The standard InChI is InChI=1S/C30H39N3O7/c34-27(17-6-1-2-7-18-28(35)33-38)31-23-13-10-16-25(20-23)39-21-29(36)32-26(19-22-11-4-3-5-12-22)30(37)40-24-14-8-9-15-24/h3-5,10-13,16,20,24,26,38H,1-2,6-9,14-15,17-19,21H2,(H,31,34)(H,32,36)(H,33,35)/t26-/m0/s1. The van der Waals surface area contributed by atoms with Crippen molar-refractivity contribution in [2.75, 3.05) is 11.9 Å². The summed E-state index contributed by atoms with van der Waals surface area (Å²) in [5, 5.41) is 14.1. The lowest BCUT2D eigenvalue weighted by Crippen LogP contribution is -2.46. The third-order valence-corrected chi connectivity index (χ3v) is 6.66. The molecule has 1 saturated carbocycles. The number of hydrogen-bond donors (Lipinski definition) is 4. The first-order valence-corrected chi connectivity index (χ1v) is 13.9. The predicted octanol–water partition coefficient (Wildman–Crippen LogP) is 4.06. The van der Waals surface area contributed by atoms with Crippen LogP contribution in [0.25, 0.3) is 0 Å². The van der Waals surface area contributed by atoms with E-state index in [-0.39, 0.29) is 25.0 Å². The Morgan fingerprint density at radius 2 is 1.55 bits per heavy atom. The monoisotopic (exact) mass is 553 g/mol. The third-order valence-electron chi connectivity index (χ3n) is 6.66. The summed E-state index contributed by atoms with van der Waals surface area (Å²) >= 11 is 0. The fraction of sp³-hybridized carbons (Fsp3) is 0.467. The van der Waals surface area contributed by atoms with Crippen LogP contribution in [0.3, 0.4) is 0 Å². The first kappa shape index (κ1) is 30.6. The van der Waals surface area contributed by atoms with Crippen molar-refractivity contribution in [2.24, 2.45) is 0 Å². The van der Waals surface area contributed by atoms with E-state index in [1.54, 1.807) is 29.7 Å². The van der Waals surface area contributed by atoms with E-state index in [4.69, 9.17) is 14.7 Å². The molecule has 2 aromatic carbocycles. The van der Waals surface area contributed by atoms with Crippen LogP contribution in [0, 0.1) is 0 Å². The minimum atomic E-state index is -0.823. The van der Waals surface area contributed by atoms with E-state index in [0.717, 1.165) is 44.1 Å². The lowest BCUT2D eigenvalue weighted by Gasteiger charge is -2.20. The molecule has 0 aliphatic heterocycles. The molecule has 0 aromatic heterocycles. The van der Waals surface area contributed by atoms with Crippen LogP contribution in [0.15, 0.2) is 54.6 Å². The van der Waals surface area contributed by atoms with Crippen molar-refractivity contribution in [3.63, 3.8) is 0 Å². The van der Waals surface area contributed by atoms with Gasteiger partial charge in [-0.25, -0.2) is 10.3 Å². The van der Waals surface area contributed by atoms with Crippen LogP contribution in [0.5, 0.6) is 5.75 Å². The molecule has 1 aliphatic rings. The van der Waals surface area contributed by atoms with Gasteiger partial charge in [0.2, 0.25) is 11.8 Å². The summed E-state index contributed by atoms with van der Waals surface area (Å²) in [6.07, 6.45) is 7.48. The molecule has 40 heavy (non-hydrogen) atoms. The molecule has 2 aromatic rings. The average Bonchev–Trinajstić information content (AvgIpc) is 3.47. The number of carbonyl (C=O) groups excluding carboxylic acids is 4. The summed E-state index contributed by atoms with van der Waals surface area (Å²) in [7, 11) is 0. The second kappa shape index (κ2) is 16.9.